The van der Waals surface area contributed by atoms with Crippen molar-refractivity contribution in [3.05, 3.63) is 63.7 Å². The number of rotatable bonds is 9. The van der Waals surface area contributed by atoms with E-state index < -0.39 is 11.2 Å². The standard InChI is InChI=1S/C25H30N8O3S/c1-15(2)11-31(20-21(26)32(12-16(3)4)25(36)30-23(20)35)19(34)13-37-24-18-10-29-33(22(18)27-14-28-24)17-8-6-5-7-9-17/h5-10,14-16H,11-13,26H2,1-4H3,(H,30,35,36). The van der Waals surface area contributed by atoms with Gasteiger partial charge < -0.3 is 10.6 Å². The number of fused-ring (bicyclic) bond motifs is 1. The Morgan fingerprint density at radius 2 is 1.84 bits per heavy atom. The number of nitrogens with one attached hydrogen (secondary N) is 1. The van der Waals surface area contributed by atoms with E-state index >= 15 is 0 Å². The molecule has 0 saturated heterocycles. The molecule has 0 aliphatic rings. The lowest BCUT2D eigenvalue weighted by molar-refractivity contribution is -0.116. The SMILES string of the molecule is CC(C)CN(C(=O)CSc1ncnc2c1cnn2-c1ccccc1)c1c(N)n(CC(C)C)c(=O)[nH]c1=O. The van der Waals surface area contributed by atoms with Crippen molar-refractivity contribution in [2.75, 3.05) is 22.9 Å². The molecule has 0 aliphatic carbocycles. The number of para-hydroxylation sites is 1. The molecule has 37 heavy (non-hydrogen) atoms. The van der Waals surface area contributed by atoms with Crippen LogP contribution >= 0.6 is 11.8 Å². The van der Waals surface area contributed by atoms with Gasteiger partial charge >= 0.3 is 5.69 Å². The summed E-state index contributed by atoms with van der Waals surface area (Å²) in [5.74, 6) is -0.186. The molecule has 0 fully saturated rings. The van der Waals surface area contributed by atoms with Crippen LogP contribution in [0.2, 0.25) is 0 Å². The number of thioether (sulfide) groups is 1. The minimum Gasteiger partial charge on any atom is -0.383 e. The molecule has 194 valence electrons. The number of H-pyrrole nitrogens is 1. The molecule has 3 N–H and O–H groups in total. The molecule has 0 bridgehead atoms. The Hall–Kier alpha value is -3.93. The summed E-state index contributed by atoms with van der Waals surface area (Å²) >= 11 is 1.23. The fourth-order valence-corrected chi connectivity index (χ4v) is 4.81. The van der Waals surface area contributed by atoms with Crippen LogP contribution in [0.1, 0.15) is 27.7 Å². The van der Waals surface area contributed by atoms with Crippen molar-refractivity contribution in [3.63, 3.8) is 0 Å². The average Bonchev–Trinajstić information content (AvgIpc) is 3.29. The average molecular weight is 523 g/mol. The van der Waals surface area contributed by atoms with Gasteiger partial charge in [-0.3, -0.25) is 19.1 Å². The molecule has 0 atom stereocenters. The third-order valence-electron chi connectivity index (χ3n) is 5.54. The Kier molecular flexibility index (Phi) is 7.77. The summed E-state index contributed by atoms with van der Waals surface area (Å²) in [5.41, 5.74) is 6.49. The van der Waals surface area contributed by atoms with E-state index in [0.717, 1.165) is 5.69 Å². The third-order valence-corrected chi connectivity index (χ3v) is 6.53. The van der Waals surface area contributed by atoms with Crippen LogP contribution in [0.15, 0.2) is 57.5 Å². The maximum Gasteiger partial charge on any atom is 0.330 e. The van der Waals surface area contributed by atoms with Crippen LogP contribution in [0.3, 0.4) is 0 Å². The van der Waals surface area contributed by atoms with Crippen molar-refractivity contribution >= 4 is 40.2 Å². The minimum absolute atomic E-state index is 0.00244. The summed E-state index contributed by atoms with van der Waals surface area (Å²) < 4.78 is 3.02. The van der Waals surface area contributed by atoms with Crippen LogP contribution < -0.4 is 21.9 Å². The highest BCUT2D eigenvalue weighted by Gasteiger charge is 2.26. The lowest BCUT2D eigenvalue weighted by Gasteiger charge is -2.26. The summed E-state index contributed by atoms with van der Waals surface area (Å²) in [7, 11) is 0. The molecule has 0 aliphatic heterocycles. The van der Waals surface area contributed by atoms with Crippen LogP contribution in [0.5, 0.6) is 0 Å². The first-order chi connectivity index (χ1) is 17.7. The first-order valence-electron chi connectivity index (χ1n) is 12.0. The largest absolute Gasteiger partial charge is 0.383 e. The number of nitrogens with two attached hydrogens (primary N) is 1. The van der Waals surface area contributed by atoms with Gasteiger partial charge in [0.2, 0.25) is 5.91 Å². The van der Waals surface area contributed by atoms with Crippen LogP contribution in [0, 0.1) is 11.8 Å². The summed E-state index contributed by atoms with van der Waals surface area (Å²) in [5, 5.41) is 5.76. The molecule has 12 heteroatoms. The van der Waals surface area contributed by atoms with E-state index in [2.05, 4.69) is 20.1 Å². The first-order valence-corrected chi connectivity index (χ1v) is 13.0. The fraction of sp³-hybridized carbons (Fsp3) is 0.360. The number of anilines is 2. The van der Waals surface area contributed by atoms with Gasteiger partial charge in [0.15, 0.2) is 11.3 Å². The highest BCUT2D eigenvalue weighted by Crippen LogP contribution is 2.27. The van der Waals surface area contributed by atoms with E-state index in [9.17, 15) is 14.4 Å². The maximum atomic E-state index is 13.5. The van der Waals surface area contributed by atoms with Crippen molar-refractivity contribution in [2.45, 2.75) is 39.3 Å². The van der Waals surface area contributed by atoms with Crippen LogP contribution in [0.25, 0.3) is 16.7 Å². The maximum absolute atomic E-state index is 13.5. The highest BCUT2D eigenvalue weighted by atomic mass is 32.2. The molecule has 4 rings (SSSR count). The van der Waals surface area contributed by atoms with E-state index in [1.807, 2.05) is 58.0 Å². The van der Waals surface area contributed by atoms with E-state index in [4.69, 9.17) is 5.73 Å². The molecule has 4 aromatic rings. The normalized spacial score (nSPS) is 11.5. The van der Waals surface area contributed by atoms with E-state index in [-0.39, 0.29) is 41.5 Å². The number of amides is 1. The highest BCUT2D eigenvalue weighted by molar-refractivity contribution is 8.00. The van der Waals surface area contributed by atoms with Gasteiger partial charge in [0.25, 0.3) is 5.56 Å². The predicted octanol–water partition coefficient (Wildman–Crippen LogP) is 2.68. The molecule has 3 heterocycles. The lowest BCUT2D eigenvalue weighted by atomic mass is 10.2. The Morgan fingerprint density at radius 1 is 1.11 bits per heavy atom. The smallest absolute Gasteiger partial charge is 0.330 e. The first kappa shape index (κ1) is 26.1. The monoisotopic (exact) mass is 522 g/mol. The van der Waals surface area contributed by atoms with E-state index in [1.54, 1.807) is 10.9 Å². The topological polar surface area (TPSA) is 145 Å². The second-order valence-electron chi connectivity index (χ2n) is 9.49. The Labute approximate surface area is 217 Å². The van der Waals surface area contributed by atoms with Gasteiger partial charge in [0, 0.05) is 13.1 Å². The second-order valence-corrected chi connectivity index (χ2v) is 10.5. The van der Waals surface area contributed by atoms with Gasteiger partial charge in [0.05, 0.1) is 23.0 Å². The summed E-state index contributed by atoms with van der Waals surface area (Å²) in [6.07, 6.45) is 3.11. The molecule has 1 aromatic carbocycles. The van der Waals surface area contributed by atoms with Crippen molar-refractivity contribution in [2.24, 2.45) is 11.8 Å². The van der Waals surface area contributed by atoms with Gasteiger partial charge in [-0.15, -0.1) is 0 Å². The van der Waals surface area contributed by atoms with Gasteiger partial charge in [-0.2, -0.15) is 5.10 Å². The number of aromatic amines is 1. The number of hydrogen-bond donors (Lipinski definition) is 2. The van der Waals surface area contributed by atoms with Gasteiger partial charge in [-0.1, -0.05) is 57.7 Å². The summed E-state index contributed by atoms with van der Waals surface area (Å²) in [6, 6.07) is 9.61. The number of aromatic nitrogens is 6. The number of nitrogens with zero attached hydrogens (tertiary/aromatic N) is 6. The zero-order valence-electron chi connectivity index (χ0n) is 21.2. The Morgan fingerprint density at radius 3 is 2.51 bits per heavy atom. The van der Waals surface area contributed by atoms with E-state index in [1.165, 1.54) is 27.6 Å². The molecule has 0 saturated carbocycles. The molecule has 11 nitrogen and oxygen atoms in total. The van der Waals surface area contributed by atoms with Crippen LogP contribution in [-0.2, 0) is 11.3 Å². The lowest BCUT2D eigenvalue weighted by Crippen LogP contribution is -2.43. The Balaban J connectivity index is 1.65. The molecular weight excluding hydrogens is 492 g/mol. The van der Waals surface area contributed by atoms with Crippen molar-refractivity contribution in [1.29, 1.82) is 0 Å². The zero-order valence-corrected chi connectivity index (χ0v) is 22.0. The van der Waals surface area contributed by atoms with Gasteiger partial charge in [-0.05, 0) is 24.0 Å². The van der Waals surface area contributed by atoms with Crippen LogP contribution in [-0.4, -0.2) is 47.5 Å². The predicted molar refractivity (Wildman–Crippen MR) is 145 cm³/mol. The molecule has 1 amide bonds. The summed E-state index contributed by atoms with van der Waals surface area (Å²) in [4.78, 5) is 51.1. The quantitative estimate of drug-likeness (QED) is 0.252. The Bertz CT molecular complexity index is 1520. The van der Waals surface area contributed by atoms with Gasteiger partial charge in [-0.25, -0.2) is 19.4 Å². The number of carbonyl (C=O) groups is 1. The number of carbonyl (C=O) groups excluding carboxylic acids is 1. The van der Waals surface area contributed by atoms with Crippen LogP contribution in [0.4, 0.5) is 11.5 Å². The number of nitrogen functional groups attached to an aromatic ring is 1. The van der Waals surface area contributed by atoms with E-state index in [0.29, 0.717) is 22.6 Å². The van der Waals surface area contributed by atoms with Crippen molar-refractivity contribution in [3.8, 4) is 5.69 Å². The van der Waals surface area contributed by atoms with Gasteiger partial charge in [0.1, 0.15) is 17.2 Å². The number of hydrogen-bond acceptors (Lipinski definition) is 8. The molecule has 0 radical (unpaired) electrons. The zero-order chi connectivity index (χ0) is 26.7. The summed E-state index contributed by atoms with van der Waals surface area (Å²) in [6.45, 7) is 8.33. The molecule has 3 aromatic heterocycles. The fourth-order valence-electron chi connectivity index (χ4n) is 3.97. The molecule has 0 unspecified atom stereocenters. The number of benzene rings is 1. The third kappa shape index (κ3) is 5.58. The van der Waals surface area contributed by atoms with Crippen molar-refractivity contribution < 1.29 is 4.79 Å². The minimum atomic E-state index is -0.685. The molecule has 0 spiro atoms. The second kappa shape index (κ2) is 11.0. The van der Waals surface area contributed by atoms with Crippen molar-refractivity contribution in [1.82, 2.24) is 29.3 Å². The molecular formula is C25H30N8O3S.